The normalized spacial score (nSPS) is 17.0. The molecule has 0 nitrogen and oxygen atoms in total. The van der Waals surface area contributed by atoms with Crippen LogP contribution < -0.4 is 0 Å². The quantitative estimate of drug-likeness (QED) is 0.368. The van der Waals surface area contributed by atoms with Gasteiger partial charge in [0.15, 0.2) is 0 Å². The molecule has 137 valence electrons. The predicted octanol–water partition coefficient (Wildman–Crippen LogP) is 6.52. The summed E-state index contributed by atoms with van der Waals surface area (Å²) in [5.41, 5.74) is 9.36. The standard InChI is InChI=1S/C18H13.2C2H5.2ClH.Hf.H2Si/c1-2-7-13(6-1)15-10-5-11-17-16-9-4-3-8-14(16)12-18(15)17;2*1-2;;;;/h1-6,8-12H,7H2;2*1H2,2H3;2*1H;;1H2. The van der Waals surface area contributed by atoms with E-state index in [4.69, 9.17) is 0 Å². The second-order valence-electron chi connectivity index (χ2n) is 7.18. The molecule has 2 aromatic rings. The average Bonchev–Trinajstić information content (AvgIpc) is 3.27. The van der Waals surface area contributed by atoms with Crippen molar-refractivity contribution in [2.45, 2.75) is 32.3 Å². The third kappa shape index (κ3) is 3.39. The molecular formula is C22H27Cl2HfSi. The van der Waals surface area contributed by atoms with Crippen molar-refractivity contribution in [2.24, 2.45) is 0 Å². The van der Waals surface area contributed by atoms with Gasteiger partial charge >= 0.3 is 152 Å². The molecule has 0 heterocycles. The van der Waals surface area contributed by atoms with Gasteiger partial charge in [-0.05, 0) is 0 Å². The van der Waals surface area contributed by atoms with Crippen molar-refractivity contribution in [2.75, 3.05) is 0 Å². The minimum Gasteiger partial charge on any atom is -0.147 e. The largest absolute Gasteiger partial charge is 0.147 e. The van der Waals surface area contributed by atoms with Gasteiger partial charge in [0.2, 0.25) is 0 Å². The van der Waals surface area contributed by atoms with Crippen LogP contribution >= 0.6 is 24.8 Å². The van der Waals surface area contributed by atoms with E-state index in [1.165, 1.54) is 30.6 Å². The van der Waals surface area contributed by atoms with Gasteiger partial charge in [0, 0.05) is 0 Å². The van der Waals surface area contributed by atoms with E-state index in [0.717, 1.165) is 10.1 Å². The molecule has 0 saturated heterocycles. The van der Waals surface area contributed by atoms with E-state index in [0.29, 0.717) is 0 Å². The van der Waals surface area contributed by atoms with Crippen molar-refractivity contribution < 1.29 is 18.6 Å². The minimum absolute atomic E-state index is 0. The maximum absolute atomic E-state index is 2.46. The summed E-state index contributed by atoms with van der Waals surface area (Å²) in [6.45, 7) is 7.36. The molecule has 2 aliphatic rings. The Kier molecular flexibility index (Phi) is 7.35. The molecule has 2 aliphatic carbocycles. The van der Waals surface area contributed by atoms with Gasteiger partial charge in [-0.15, -0.1) is 24.8 Å². The molecule has 1 atom stereocenters. The monoisotopic (exact) mass is 569 g/mol. The first kappa shape index (κ1) is 21.9. The Hall–Kier alpha value is -0.413. The van der Waals surface area contributed by atoms with Crippen molar-refractivity contribution >= 4 is 37.3 Å². The van der Waals surface area contributed by atoms with Gasteiger partial charge < -0.3 is 0 Å². The van der Waals surface area contributed by atoms with E-state index in [9.17, 15) is 0 Å². The van der Waals surface area contributed by atoms with Crippen molar-refractivity contribution in [3.05, 3.63) is 77.4 Å². The molecule has 0 fully saturated rings. The molecule has 0 saturated carbocycles. The number of fused-ring (bicyclic) bond motifs is 3. The summed E-state index contributed by atoms with van der Waals surface area (Å²) in [7, 11) is 0. The zero-order valence-electron chi connectivity index (χ0n) is 15.5. The second kappa shape index (κ2) is 8.73. The third-order valence-corrected chi connectivity index (χ3v) is 34.3. The number of rotatable bonds is 4. The Bertz CT molecular complexity index is 906. The van der Waals surface area contributed by atoms with Crippen molar-refractivity contribution in [3.8, 4) is 11.1 Å². The summed E-state index contributed by atoms with van der Waals surface area (Å²) in [4.78, 5) is 0. The van der Waals surface area contributed by atoms with Crippen molar-refractivity contribution in [1.82, 2.24) is 0 Å². The fourth-order valence-corrected chi connectivity index (χ4v) is 19.3. The summed E-state index contributed by atoms with van der Waals surface area (Å²) >= 11 is -2.38. The molecule has 0 bridgehead atoms. The van der Waals surface area contributed by atoms with Crippen LogP contribution in [0.5, 0.6) is 0 Å². The van der Waals surface area contributed by atoms with Gasteiger partial charge in [-0.2, -0.15) is 0 Å². The summed E-state index contributed by atoms with van der Waals surface area (Å²) in [6.07, 6.45) is 7.92. The topological polar surface area (TPSA) is 0 Å². The summed E-state index contributed by atoms with van der Waals surface area (Å²) in [6, 6.07) is 16.2. The Labute approximate surface area is 175 Å². The number of allylic oxidation sites excluding steroid dienone is 4. The fraction of sp³-hybridized carbons (Fsp3) is 0.273. The zero-order chi connectivity index (χ0) is 16.7. The average molecular weight is 569 g/mol. The summed E-state index contributed by atoms with van der Waals surface area (Å²) in [5.74, 6) is 0. The van der Waals surface area contributed by atoms with Gasteiger partial charge in [-0.25, -0.2) is 0 Å². The van der Waals surface area contributed by atoms with Gasteiger partial charge in [-0.3, -0.25) is 0 Å². The molecule has 0 N–H and O–H groups in total. The fourth-order valence-electron chi connectivity index (χ4n) is 4.48. The Morgan fingerprint density at radius 3 is 2.23 bits per heavy atom. The van der Waals surface area contributed by atoms with Crippen LogP contribution in [0, 0.1) is 0 Å². The Morgan fingerprint density at radius 2 is 1.58 bits per heavy atom. The first-order valence-corrected chi connectivity index (χ1v) is 24.6. The van der Waals surface area contributed by atoms with Gasteiger partial charge in [0.25, 0.3) is 0 Å². The second-order valence-corrected chi connectivity index (χ2v) is 35.7. The van der Waals surface area contributed by atoms with E-state index >= 15 is 0 Å². The van der Waals surface area contributed by atoms with Crippen LogP contribution in [0.3, 0.4) is 0 Å². The summed E-state index contributed by atoms with van der Waals surface area (Å²) < 4.78 is 3.60. The van der Waals surface area contributed by atoms with Crippen LogP contribution in [0.1, 0.15) is 40.6 Å². The molecule has 4 rings (SSSR count). The Morgan fingerprint density at radius 1 is 0.923 bits per heavy atom. The van der Waals surface area contributed by atoms with Crippen LogP contribution in [0.2, 0.25) is 8.35 Å². The first-order chi connectivity index (χ1) is 11.7. The molecule has 0 aliphatic heterocycles. The van der Waals surface area contributed by atoms with Gasteiger partial charge in [0.05, 0.1) is 0 Å². The number of hydrogen-bond donors (Lipinski definition) is 0. The van der Waals surface area contributed by atoms with Crippen molar-refractivity contribution in [1.29, 1.82) is 0 Å². The molecule has 2 aromatic carbocycles. The smallest absolute Gasteiger partial charge is 0.147 e. The molecule has 0 spiro atoms. The maximum atomic E-state index is 2.46. The minimum atomic E-state index is -2.38. The van der Waals surface area contributed by atoms with E-state index in [2.05, 4.69) is 81.5 Å². The van der Waals surface area contributed by atoms with Crippen LogP contribution in [0.4, 0.5) is 0 Å². The van der Waals surface area contributed by atoms with E-state index in [1.54, 1.807) is 11.1 Å². The molecule has 0 amide bonds. The number of hydrogen-bond acceptors (Lipinski definition) is 0. The number of benzene rings is 2. The SMILES string of the molecule is C[CH2][Hf](=[SiH2])([CH2]C)[CH]1c2ccccc2-c2cccc(C3=CC=CC3)c21.Cl.Cl. The van der Waals surface area contributed by atoms with E-state index in [-0.39, 0.29) is 24.8 Å². The molecule has 1 unspecified atom stereocenters. The van der Waals surface area contributed by atoms with Crippen LogP contribution in [0.25, 0.3) is 16.7 Å². The van der Waals surface area contributed by atoms with E-state index in [1.807, 2.05) is 0 Å². The zero-order valence-corrected chi connectivity index (χ0v) is 22.1. The first-order valence-electron chi connectivity index (χ1n) is 9.13. The van der Waals surface area contributed by atoms with Gasteiger partial charge in [-0.1, -0.05) is 0 Å². The summed E-state index contributed by atoms with van der Waals surface area (Å²) in [5, 5.41) is 0. The predicted molar refractivity (Wildman–Crippen MR) is 119 cm³/mol. The van der Waals surface area contributed by atoms with Crippen molar-refractivity contribution in [3.63, 3.8) is 0 Å². The molecule has 0 aromatic heterocycles. The molecule has 0 radical (unpaired) electrons. The van der Waals surface area contributed by atoms with Crippen LogP contribution in [-0.2, 0) is 18.6 Å². The van der Waals surface area contributed by atoms with Crippen LogP contribution in [-0.4, -0.2) is 6.94 Å². The van der Waals surface area contributed by atoms with Crippen LogP contribution in [0.15, 0.2) is 60.7 Å². The molecule has 26 heavy (non-hydrogen) atoms. The van der Waals surface area contributed by atoms with E-state index < -0.39 is 18.6 Å². The number of halogens is 2. The Balaban J connectivity index is 0.00000121. The van der Waals surface area contributed by atoms with Gasteiger partial charge in [0.1, 0.15) is 0 Å². The maximum Gasteiger partial charge on any atom is -0.147 e. The molecule has 4 heteroatoms. The molecular weight excluding hydrogens is 542 g/mol. The third-order valence-electron chi connectivity index (χ3n) is 6.09.